The molecule has 2 aromatic rings. The number of benzene rings is 2. The summed E-state index contributed by atoms with van der Waals surface area (Å²) in [6, 6.07) is 15.0. The first-order valence-corrected chi connectivity index (χ1v) is 12.0. The summed E-state index contributed by atoms with van der Waals surface area (Å²) in [5.41, 5.74) is 7.37. The van der Waals surface area contributed by atoms with Crippen LogP contribution in [-0.2, 0) is 9.59 Å². The maximum absolute atomic E-state index is 12.5. The molecule has 1 saturated heterocycles. The van der Waals surface area contributed by atoms with Gasteiger partial charge in [0.05, 0.1) is 19.1 Å². The van der Waals surface area contributed by atoms with Crippen LogP contribution in [0.15, 0.2) is 61.2 Å². The highest BCUT2D eigenvalue weighted by atomic mass is 16.3. The number of carbonyl (C=O) groups is 3. The van der Waals surface area contributed by atoms with Crippen molar-refractivity contribution in [2.45, 2.75) is 32.0 Å². The van der Waals surface area contributed by atoms with Crippen LogP contribution in [0.3, 0.4) is 0 Å². The number of phenols is 1. The summed E-state index contributed by atoms with van der Waals surface area (Å²) in [5.74, 6) is -1.35. The number of primary amides is 1. The Morgan fingerprint density at radius 3 is 2.42 bits per heavy atom. The van der Waals surface area contributed by atoms with E-state index in [-0.39, 0.29) is 30.9 Å². The van der Waals surface area contributed by atoms with Gasteiger partial charge in [-0.25, -0.2) is 0 Å². The average molecular weight is 494 g/mol. The van der Waals surface area contributed by atoms with Crippen molar-refractivity contribution in [3.8, 4) is 5.75 Å². The largest absolute Gasteiger partial charge is 0.508 e. The summed E-state index contributed by atoms with van der Waals surface area (Å²) in [6.07, 6.45) is 1.93. The average Bonchev–Trinajstić information content (AvgIpc) is 2.85. The van der Waals surface area contributed by atoms with Crippen LogP contribution in [-0.4, -0.2) is 77.4 Å². The number of nitrogens with one attached hydrogen (secondary N) is 2. The van der Waals surface area contributed by atoms with Gasteiger partial charge in [-0.05, 0) is 49.2 Å². The molecule has 3 unspecified atom stereocenters. The minimum atomic E-state index is -0.655. The SMILES string of the molecule is C=CCN1CC(C)N(C(c2ccc(C(=O)NCC(=O)NCC(N)=O)cc2)c2cccc(O)c2)CC1C. The lowest BCUT2D eigenvalue weighted by atomic mass is 9.92. The van der Waals surface area contributed by atoms with Crippen LogP contribution < -0.4 is 16.4 Å². The van der Waals surface area contributed by atoms with Gasteiger partial charge in [0.2, 0.25) is 11.8 Å². The molecule has 0 radical (unpaired) electrons. The Bertz CT molecular complexity index is 1090. The highest BCUT2D eigenvalue weighted by Crippen LogP contribution is 2.34. The number of phenolic OH excluding ortho intramolecular Hbond substituents is 1. The molecular weight excluding hydrogens is 458 g/mol. The summed E-state index contributed by atoms with van der Waals surface area (Å²) < 4.78 is 0. The summed E-state index contributed by atoms with van der Waals surface area (Å²) in [5, 5.41) is 15.0. The van der Waals surface area contributed by atoms with Gasteiger partial charge in [0.1, 0.15) is 5.75 Å². The number of nitrogens with zero attached hydrogens (tertiary/aromatic N) is 2. The van der Waals surface area contributed by atoms with Gasteiger partial charge in [-0.1, -0.05) is 30.3 Å². The molecule has 1 aliphatic rings. The summed E-state index contributed by atoms with van der Waals surface area (Å²) in [6.45, 7) is 10.3. The standard InChI is InChI=1S/C27H35N5O4/c1-4-12-31-16-19(3)32(17-18(31)2)26(22-6-5-7-23(33)13-22)20-8-10-21(11-9-20)27(36)30-15-25(35)29-14-24(28)34/h4-11,13,18-19,26,33H,1,12,14-17H2,2-3H3,(H2,28,34)(H,29,35)(H,30,36). The van der Waals surface area contributed by atoms with Gasteiger partial charge in [0.15, 0.2) is 0 Å². The van der Waals surface area contributed by atoms with Crippen LogP contribution in [0, 0.1) is 0 Å². The van der Waals surface area contributed by atoms with Crippen LogP contribution in [0.25, 0.3) is 0 Å². The monoisotopic (exact) mass is 493 g/mol. The van der Waals surface area contributed by atoms with Crippen molar-refractivity contribution >= 4 is 17.7 Å². The molecule has 9 heteroatoms. The first kappa shape index (κ1) is 26.9. The Hall–Kier alpha value is -3.69. The topological polar surface area (TPSA) is 128 Å². The van der Waals surface area contributed by atoms with E-state index in [0.717, 1.165) is 30.8 Å². The van der Waals surface area contributed by atoms with Crippen molar-refractivity contribution in [2.24, 2.45) is 5.73 Å². The molecule has 3 atom stereocenters. The molecular formula is C27H35N5O4. The molecule has 0 spiro atoms. The highest BCUT2D eigenvalue weighted by molar-refractivity contribution is 5.96. The smallest absolute Gasteiger partial charge is 0.251 e. The lowest BCUT2D eigenvalue weighted by Crippen LogP contribution is -2.57. The van der Waals surface area contributed by atoms with E-state index < -0.39 is 17.7 Å². The van der Waals surface area contributed by atoms with Crippen LogP contribution in [0.5, 0.6) is 5.75 Å². The lowest BCUT2D eigenvalue weighted by Gasteiger charge is -2.47. The van der Waals surface area contributed by atoms with Crippen molar-refractivity contribution in [1.82, 2.24) is 20.4 Å². The fourth-order valence-electron chi connectivity index (χ4n) is 4.60. The molecule has 3 rings (SSSR count). The molecule has 36 heavy (non-hydrogen) atoms. The Kier molecular flexibility index (Phi) is 9.21. The first-order chi connectivity index (χ1) is 17.2. The van der Waals surface area contributed by atoms with Gasteiger partial charge in [0, 0.05) is 37.3 Å². The predicted octanol–water partition coefficient (Wildman–Crippen LogP) is 1.39. The minimum Gasteiger partial charge on any atom is -0.508 e. The minimum absolute atomic E-state index is 0.114. The molecule has 1 aliphatic heterocycles. The number of rotatable bonds is 10. The van der Waals surface area contributed by atoms with Crippen LogP contribution in [0.1, 0.15) is 41.4 Å². The molecule has 5 N–H and O–H groups in total. The third-order valence-corrected chi connectivity index (χ3v) is 6.40. The van der Waals surface area contributed by atoms with E-state index in [1.807, 2.05) is 30.3 Å². The molecule has 3 amide bonds. The second kappa shape index (κ2) is 12.3. The number of hydrogen-bond acceptors (Lipinski definition) is 6. The molecule has 0 aromatic heterocycles. The molecule has 1 fully saturated rings. The fraction of sp³-hybridized carbons (Fsp3) is 0.370. The maximum atomic E-state index is 12.5. The molecule has 2 aromatic carbocycles. The van der Waals surface area contributed by atoms with Gasteiger partial charge in [-0.3, -0.25) is 24.2 Å². The molecule has 0 aliphatic carbocycles. The van der Waals surface area contributed by atoms with Crippen LogP contribution >= 0.6 is 0 Å². The number of amides is 3. The number of nitrogens with two attached hydrogens (primary N) is 1. The third kappa shape index (κ3) is 6.93. The highest BCUT2D eigenvalue weighted by Gasteiger charge is 2.34. The van der Waals surface area contributed by atoms with E-state index in [1.165, 1.54) is 0 Å². The van der Waals surface area contributed by atoms with Gasteiger partial charge in [-0.15, -0.1) is 6.58 Å². The number of piperazine rings is 1. The molecule has 0 saturated carbocycles. The van der Waals surface area contributed by atoms with E-state index in [2.05, 4.69) is 40.9 Å². The molecule has 9 nitrogen and oxygen atoms in total. The van der Waals surface area contributed by atoms with E-state index in [1.54, 1.807) is 24.3 Å². The summed E-state index contributed by atoms with van der Waals surface area (Å²) in [7, 11) is 0. The van der Waals surface area contributed by atoms with E-state index >= 15 is 0 Å². The van der Waals surface area contributed by atoms with Crippen molar-refractivity contribution < 1.29 is 19.5 Å². The predicted molar refractivity (Wildman–Crippen MR) is 138 cm³/mol. The van der Waals surface area contributed by atoms with E-state index in [9.17, 15) is 19.5 Å². The molecule has 0 bridgehead atoms. The molecule has 1 heterocycles. The van der Waals surface area contributed by atoms with E-state index in [0.29, 0.717) is 11.6 Å². The van der Waals surface area contributed by atoms with Crippen molar-refractivity contribution in [2.75, 3.05) is 32.7 Å². The van der Waals surface area contributed by atoms with Gasteiger partial charge in [0.25, 0.3) is 5.91 Å². The second-order valence-corrected chi connectivity index (χ2v) is 9.18. The zero-order valence-electron chi connectivity index (χ0n) is 20.8. The van der Waals surface area contributed by atoms with Crippen LogP contribution in [0.4, 0.5) is 0 Å². The van der Waals surface area contributed by atoms with Crippen LogP contribution in [0.2, 0.25) is 0 Å². The Balaban J connectivity index is 1.80. The van der Waals surface area contributed by atoms with Crippen molar-refractivity contribution in [3.05, 3.63) is 77.9 Å². The summed E-state index contributed by atoms with van der Waals surface area (Å²) in [4.78, 5) is 39.9. The Labute approximate surface area is 212 Å². The van der Waals surface area contributed by atoms with Gasteiger partial charge >= 0.3 is 0 Å². The molecule has 192 valence electrons. The Morgan fingerprint density at radius 1 is 1.06 bits per heavy atom. The normalized spacial score (nSPS) is 19.3. The van der Waals surface area contributed by atoms with Gasteiger partial charge in [-0.2, -0.15) is 0 Å². The third-order valence-electron chi connectivity index (χ3n) is 6.40. The first-order valence-electron chi connectivity index (χ1n) is 12.0. The fourth-order valence-corrected chi connectivity index (χ4v) is 4.60. The Morgan fingerprint density at radius 2 is 1.78 bits per heavy atom. The number of carbonyl (C=O) groups excluding carboxylic acids is 3. The number of aromatic hydroxyl groups is 1. The zero-order chi connectivity index (χ0) is 26.2. The summed E-state index contributed by atoms with van der Waals surface area (Å²) >= 11 is 0. The van der Waals surface area contributed by atoms with Crippen molar-refractivity contribution in [1.29, 1.82) is 0 Å². The zero-order valence-corrected chi connectivity index (χ0v) is 20.8. The number of hydrogen-bond donors (Lipinski definition) is 4. The lowest BCUT2D eigenvalue weighted by molar-refractivity contribution is -0.124. The second-order valence-electron chi connectivity index (χ2n) is 9.18. The maximum Gasteiger partial charge on any atom is 0.251 e. The quantitative estimate of drug-likeness (QED) is 0.371. The van der Waals surface area contributed by atoms with Gasteiger partial charge < -0.3 is 21.5 Å². The van der Waals surface area contributed by atoms with E-state index in [4.69, 9.17) is 5.73 Å². The van der Waals surface area contributed by atoms with Crippen molar-refractivity contribution in [3.63, 3.8) is 0 Å².